The average Bonchev–Trinajstić information content (AvgIpc) is 2.60. The molecule has 3 rings (SSSR count). The van der Waals surface area contributed by atoms with E-state index in [1.54, 1.807) is 26.0 Å². The number of nitrogens with zero attached hydrogens (tertiary/aromatic N) is 2. The summed E-state index contributed by atoms with van der Waals surface area (Å²) in [6, 6.07) is 8.91. The van der Waals surface area contributed by atoms with Crippen LogP contribution in [0.3, 0.4) is 0 Å². The van der Waals surface area contributed by atoms with Crippen LogP contribution >= 0.6 is 23.4 Å². The van der Waals surface area contributed by atoms with Gasteiger partial charge in [0.2, 0.25) is 5.91 Å². The van der Waals surface area contributed by atoms with Crippen molar-refractivity contribution >= 4 is 40.2 Å². The molecular formula is C20H16ClN3O3S. The van der Waals surface area contributed by atoms with Crippen molar-refractivity contribution in [1.82, 2.24) is 5.32 Å². The van der Waals surface area contributed by atoms with Gasteiger partial charge in [-0.1, -0.05) is 25.4 Å². The maximum atomic E-state index is 12.3. The molecule has 1 aliphatic heterocycles. The maximum Gasteiger partial charge on any atom is 0.336 e. The Labute approximate surface area is 170 Å². The predicted molar refractivity (Wildman–Crippen MR) is 107 cm³/mol. The standard InChI is InChI=1S/C20H16ClN3O3S/c1-10-4-16-12(6-15(10)21)11(5-17(25)27-16)9-28-19-14(8-23)20(2,3)13(7-22)18(26)24-19/h4-6,13H,9H2,1-3H3,(H,24,26)/t13-/m1/s1. The van der Waals surface area contributed by atoms with Crippen molar-refractivity contribution in [2.75, 3.05) is 0 Å². The third-order valence-electron chi connectivity index (χ3n) is 4.81. The second-order valence-electron chi connectivity index (χ2n) is 7.07. The summed E-state index contributed by atoms with van der Waals surface area (Å²) in [6.45, 7) is 5.22. The monoisotopic (exact) mass is 413 g/mol. The van der Waals surface area contributed by atoms with E-state index >= 15 is 0 Å². The number of halogens is 1. The molecule has 1 aromatic heterocycles. The van der Waals surface area contributed by atoms with Crippen LogP contribution in [0.1, 0.15) is 25.0 Å². The number of rotatable bonds is 3. The molecule has 0 unspecified atom stereocenters. The van der Waals surface area contributed by atoms with E-state index in [0.29, 0.717) is 37.9 Å². The second kappa shape index (κ2) is 7.35. The van der Waals surface area contributed by atoms with Crippen LogP contribution in [0.15, 0.2) is 38.0 Å². The Kier molecular flexibility index (Phi) is 5.25. The Bertz CT molecular complexity index is 1170. The highest BCUT2D eigenvalue weighted by atomic mass is 35.5. The van der Waals surface area contributed by atoms with Crippen LogP contribution in [-0.2, 0) is 10.5 Å². The van der Waals surface area contributed by atoms with Gasteiger partial charge in [-0.2, -0.15) is 10.5 Å². The molecule has 2 heterocycles. The number of thioether (sulfide) groups is 1. The fraction of sp³-hybridized carbons (Fsp3) is 0.300. The van der Waals surface area contributed by atoms with Crippen molar-refractivity contribution in [1.29, 1.82) is 10.5 Å². The first-order valence-electron chi connectivity index (χ1n) is 8.40. The molecular weight excluding hydrogens is 398 g/mol. The largest absolute Gasteiger partial charge is 0.423 e. The number of carbonyl (C=O) groups excluding carboxylic acids is 1. The van der Waals surface area contributed by atoms with Crippen LogP contribution in [0.25, 0.3) is 11.0 Å². The lowest BCUT2D eigenvalue weighted by molar-refractivity contribution is -0.125. The molecule has 1 N–H and O–H groups in total. The van der Waals surface area contributed by atoms with E-state index in [1.807, 2.05) is 13.0 Å². The van der Waals surface area contributed by atoms with E-state index in [2.05, 4.69) is 11.4 Å². The van der Waals surface area contributed by atoms with Crippen LogP contribution in [0.4, 0.5) is 0 Å². The molecule has 142 valence electrons. The van der Waals surface area contributed by atoms with Crippen molar-refractivity contribution in [3.05, 3.63) is 55.4 Å². The fourth-order valence-electron chi connectivity index (χ4n) is 3.15. The smallest absolute Gasteiger partial charge is 0.336 e. The van der Waals surface area contributed by atoms with E-state index in [1.165, 1.54) is 17.8 Å². The molecule has 28 heavy (non-hydrogen) atoms. The Morgan fingerprint density at radius 2 is 2.00 bits per heavy atom. The van der Waals surface area contributed by atoms with Gasteiger partial charge < -0.3 is 9.73 Å². The molecule has 2 aromatic rings. The summed E-state index contributed by atoms with van der Waals surface area (Å²) >= 11 is 7.44. The number of benzene rings is 1. The highest BCUT2D eigenvalue weighted by Gasteiger charge is 2.44. The molecule has 1 atom stereocenters. The summed E-state index contributed by atoms with van der Waals surface area (Å²) < 4.78 is 5.26. The van der Waals surface area contributed by atoms with Crippen molar-refractivity contribution in [2.24, 2.45) is 11.3 Å². The fourth-order valence-corrected chi connectivity index (χ4v) is 4.48. The summed E-state index contributed by atoms with van der Waals surface area (Å²) in [5.41, 5.74) is 0.836. The molecule has 0 saturated carbocycles. The SMILES string of the molecule is Cc1cc2oc(=O)cc(CSC3=C(C#N)C(C)(C)[C@H](C#N)C(=O)N3)c2cc1Cl. The van der Waals surface area contributed by atoms with E-state index < -0.39 is 22.9 Å². The molecule has 0 spiro atoms. The third-order valence-corrected chi connectivity index (χ3v) is 6.27. The van der Waals surface area contributed by atoms with E-state index in [4.69, 9.17) is 16.0 Å². The predicted octanol–water partition coefficient (Wildman–Crippen LogP) is 4.02. The quantitative estimate of drug-likeness (QED) is 0.761. The summed E-state index contributed by atoms with van der Waals surface area (Å²) in [7, 11) is 0. The number of nitrogens with one attached hydrogen (secondary N) is 1. The van der Waals surface area contributed by atoms with Crippen molar-refractivity contribution in [2.45, 2.75) is 26.5 Å². The zero-order valence-electron chi connectivity index (χ0n) is 15.4. The minimum Gasteiger partial charge on any atom is -0.423 e. The maximum absolute atomic E-state index is 12.3. The normalized spacial score (nSPS) is 18.5. The number of nitriles is 2. The second-order valence-corrected chi connectivity index (χ2v) is 8.46. The van der Waals surface area contributed by atoms with Crippen LogP contribution in [-0.4, -0.2) is 5.91 Å². The van der Waals surface area contributed by atoms with Crippen molar-refractivity contribution < 1.29 is 9.21 Å². The lowest BCUT2D eigenvalue weighted by Crippen LogP contribution is -2.44. The number of aryl methyl sites for hydroxylation is 1. The van der Waals surface area contributed by atoms with Crippen LogP contribution < -0.4 is 10.9 Å². The van der Waals surface area contributed by atoms with Crippen molar-refractivity contribution in [3.63, 3.8) is 0 Å². The Morgan fingerprint density at radius 1 is 1.29 bits per heavy atom. The van der Waals surface area contributed by atoms with Gasteiger partial charge in [0.25, 0.3) is 0 Å². The summed E-state index contributed by atoms with van der Waals surface area (Å²) in [4.78, 5) is 24.2. The molecule has 8 heteroatoms. The highest BCUT2D eigenvalue weighted by molar-refractivity contribution is 8.02. The molecule has 1 aromatic carbocycles. The van der Waals surface area contributed by atoms with Gasteiger partial charge in [0.15, 0.2) is 0 Å². The summed E-state index contributed by atoms with van der Waals surface area (Å²) in [5.74, 6) is -1.07. The minimum atomic E-state index is -0.946. The topological polar surface area (TPSA) is 107 Å². The number of carbonyl (C=O) groups is 1. The van der Waals surface area contributed by atoms with Gasteiger partial charge in [-0.3, -0.25) is 4.79 Å². The zero-order valence-corrected chi connectivity index (χ0v) is 17.0. The van der Waals surface area contributed by atoms with Gasteiger partial charge in [-0.25, -0.2) is 4.79 Å². The van der Waals surface area contributed by atoms with Gasteiger partial charge in [0.05, 0.1) is 22.7 Å². The molecule has 1 amide bonds. The number of hydrogen-bond donors (Lipinski definition) is 1. The van der Waals surface area contributed by atoms with Crippen LogP contribution in [0, 0.1) is 40.9 Å². The highest BCUT2D eigenvalue weighted by Crippen LogP contribution is 2.42. The summed E-state index contributed by atoms with van der Waals surface area (Å²) in [5, 5.41) is 23.2. The number of amides is 1. The van der Waals surface area contributed by atoms with Gasteiger partial charge >= 0.3 is 5.63 Å². The molecule has 0 aliphatic carbocycles. The van der Waals surface area contributed by atoms with Crippen LogP contribution in [0.5, 0.6) is 0 Å². The lowest BCUT2D eigenvalue weighted by atomic mass is 9.72. The Morgan fingerprint density at radius 3 is 2.64 bits per heavy atom. The first kappa shape index (κ1) is 20.0. The molecule has 0 bridgehead atoms. The van der Waals surface area contributed by atoms with Crippen LogP contribution in [0.2, 0.25) is 5.02 Å². The van der Waals surface area contributed by atoms with Crippen molar-refractivity contribution in [3.8, 4) is 12.1 Å². The van der Waals surface area contributed by atoms with Gasteiger partial charge in [0, 0.05) is 27.6 Å². The molecule has 6 nitrogen and oxygen atoms in total. The number of hydrogen-bond acceptors (Lipinski definition) is 6. The Hall–Kier alpha value is -2.74. The zero-order chi connectivity index (χ0) is 20.6. The first-order valence-corrected chi connectivity index (χ1v) is 9.76. The molecule has 0 fully saturated rings. The number of fused-ring (bicyclic) bond motifs is 1. The van der Waals surface area contributed by atoms with E-state index in [9.17, 15) is 20.1 Å². The number of allylic oxidation sites excluding steroid dienone is 1. The Balaban J connectivity index is 2.02. The van der Waals surface area contributed by atoms with E-state index in [0.717, 1.165) is 5.56 Å². The van der Waals surface area contributed by atoms with Gasteiger partial charge in [-0.05, 0) is 30.2 Å². The van der Waals surface area contributed by atoms with Gasteiger partial charge in [0.1, 0.15) is 11.5 Å². The van der Waals surface area contributed by atoms with E-state index in [-0.39, 0.29) is 0 Å². The molecule has 1 aliphatic rings. The first-order chi connectivity index (χ1) is 13.2. The minimum absolute atomic E-state index is 0.315. The average molecular weight is 414 g/mol. The molecule has 0 radical (unpaired) electrons. The summed E-state index contributed by atoms with van der Waals surface area (Å²) in [6.07, 6.45) is 0. The van der Waals surface area contributed by atoms with Gasteiger partial charge in [-0.15, -0.1) is 11.8 Å². The lowest BCUT2D eigenvalue weighted by Gasteiger charge is -2.34. The third kappa shape index (κ3) is 3.40. The molecule has 0 saturated heterocycles.